The summed E-state index contributed by atoms with van der Waals surface area (Å²) in [7, 11) is -3.09. The van der Waals surface area contributed by atoms with Gasteiger partial charge in [-0.2, -0.15) is 0 Å². The molecule has 2 heterocycles. The van der Waals surface area contributed by atoms with Crippen molar-refractivity contribution in [2.24, 2.45) is 0 Å². The Morgan fingerprint density at radius 2 is 2.20 bits per heavy atom. The van der Waals surface area contributed by atoms with Gasteiger partial charge in [-0.3, -0.25) is 0 Å². The Bertz CT molecular complexity index is 576. The molecule has 0 saturated carbocycles. The third kappa shape index (κ3) is 3.98. The number of nitrogens with zero attached hydrogens (tertiary/aromatic N) is 2. The second-order valence-corrected chi connectivity index (χ2v) is 7.61. The van der Waals surface area contributed by atoms with E-state index in [1.807, 2.05) is 0 Å². The Labute approximate surface area is 121 Å². The molecule has 1 aromatic heterocycles. The number of carboxylic acids is 1. The molecule has 7 nitrogen and oxygen atoms in total. The van der Waals surface area contributed by atoms with Gasteiger partial charge in [0.15, 0.2) is 0 Å². The van der Waals surface area contributed by atoms with Crippen LogP contribution in [0.4, 0.5) is 0 Å². The third-order valence-electron chi connectivity index (χ3n) is 3.23. The molecule has 2 N–H and O–H groups in total. The quantitative estimate of drug-likeness (QED) is 0.812. The van der Waals surface area contributed by atoms with Crippen molar-refractivity contribution in [2.45, 2.75) is 25.4 Å². The van der Waals surface area contributed by atoms with Gasteiger partial charge in [-0.25, -0.2) is 22.5 Å². The summed E-state index contributed by atoms with van der Waals surface area (Å²) in [6, 6.07) is 0.239. The van der Waals surface area contributed by atoms with Crippen molar-refractivity contribution < 1.29 is 18.3 Å². The van der Waals surface area contributed by atoms with E-state index in [9.17, 15) is 13.2 Å². The lowest BCUT2D eigenvalue weighted by molar-refractivity contribution is 0.0696. The predicted molar refractivity (Wildman–Crippen MR) is 75.4 cm³/mol. The SMILES string of the molecule is CS(=O)(=O)N1CCC(NCc2csc(C(=O)O)n2)CC1. The smallest absolute Gasteiger partial charge is 0.365 e. The Morgan fingerprint density at radius 3 is 2.70 bits per heavy atom. The lowest BCUT2D eigenvalue weighted by Crippen LogP contribution is -2.44. The van der Waals surface area contributed by atoms with E-state index in [-0.39, 0.29) is 11.0 Å². The molecule has 0 spiro atoms. The molecule has 2 rings (SSSR count). The number of sulfonamides is 1. The van der Waals surface area contributed by atoms with Crippen molar-refractivity contribution >= 4 is 27.3 Å². The largest absolute Gasteiger partial charge is 0.476 e. The van der Waals surface area contributed by atoms with Crippen LogP contribution in [0.5, 0.6) is 0 Å². The van der Waals surface area contributed by atoms with Crippen molar-refractivity contribution in [3.05, 3.63) is 16.1 Å². The molecular weight excluding hydrogens is 302 g/mol. The maximum atomic E-state index is 11.4. The molecule has 20 heavy (non-hydrogen) atoms. The van der Waals surface area contributed by atoms with Crippen molar-refractivity contribution in [2.75, 3.05) is 19.3 Å². The van der Waals surface area contributed by atoms with Crippen LogP contribution in [0.3, 0.4) is 0 Å². The number of piperidine rings is 1. The number of rotatable bonds is 5. The van der Waals surface area contributed by atoms with Crippen LogP contribution in [0, 0.1) is 0 Å². The molecule has 1 fully saturated rings. The van der Waals surface area contributed by atoms with E-state index in [1.165, 1.54) is 10.6 Å². The van der Waals surface area contributed by atoms with Gasteiger partial charge in [0.1, 0.15) is 0 Å². The summed E-state index contributed by atoms with van der Waals surface area (Å²) in [6.45, 7) is 1.55. The van der Waals surface area contributed by atoms with Gasteiger partial charge >= 0.3 is 5.97 Å². The van der Waals surface area contributed by atoms with Gasteiger partial charge in [0.2, 0.25) is 15.0 Å². The average molecular weight is 319 g/mol. The second kappa shape index (κ2) is 6.17. The van der Waals surface area contributed by atoms with E-state index >= 15 is 0 Å². The summed E-state index contributed by atoms with van der Waals surface area (Å²) in [6.07, 6.45) is 2.73. The van der Waals surface area contributed by atoms with Gasteiger partial charge in [0.05, 0.1) is 11.9 Å². The Balaban J connectivity index is 1.80. The van der Waals surface area contributed by atoms with Gasteiger partial charge in [-0.15, -0.1) is 11.3 Å². The summed E-state index contributed by atoms with van der Waals surface area (Å²) in [4.78, 5) is 14.7. The molecule has 1 aliphatic rings. The first-order valence-corrected chi connectivity index (χ1v) is 8.95. The van der Waals surface area contributed by atoms with E-state index in [1.54, 1.807) is 5.38 Å². The zero-order valence-electron chi connectivity index (χ0n) is 11.1. The Morgan fingerprint density at radius 1 is 1.55 bits per heavy atom. The molecule has 0 unspecified atom stereocenters. The molecule has 0 bridgehead atoms. The molecule has 1 aliphatic heterocycles. The predicted octanol–water partition coefficient (Wildman–Crippen LogP) is 0.355. The molecule has 0 atom stereocenters. The number of hydrogen-bond acceptors (Lipinski definition) is 6. The standard InChI is InChI=1S/C11H17N3O4S2/c1-20(17,18)14-4-2-8(3-5-14)12-6-9-7-19-10(13-9)11(15)16/h7-8,12H,2-6H2,1H3,(H,15,16). The lowest BCUT2D eigenvalue weighted by Gasteiger charge is -2.30. The van der Waals surface area contributed by atoms with E-state index in [2.05, 4.69) is 10.3 Å². The van der Waals surface area contributed by atoms with E-state index < -0.39 is 16.0 Å². The van der Waals surface area contributed by atoms with E-state index in [0.717, 1.165) is 24.2 Å². The molecule has 112 valence electrons. The van der Waals surface area contributed by atoms with Gasteiger partial charge in [0.25, 0.3) is 0 Å². The number of aromatic nitrogens is 1. The van der Waals surface area contributed by atoms with Crippen molar-refractivity contribution in [1.29, 1.82) is 0 Å². The minimum atomic E-state index is -3.09. The lowest BCUT2D eigenvalue weighted by atomic mass is 10.1. The van der Waals surface area contributed by atoms with Crippen molar-refractivity contribution in [3.63, 3.8) is 0 Å². The zero-order valence-corrected chi connectivity index (χ0v) is 12.7. The third-order valence-corrected chi connectivity index (χ3v) is 5.41. The Kier molecular flexibility index (Phi) is 4.74. The molecule has 1 saturated heterocycles. The first kappa shape index (κ1) is 15.4. The van der Waals surface area contributed by atoms with Crippen molar-refractivity contribution in [1.82, 2.24) is 14.6 Å². The first-order valence-electron chi connectivity index (χ1n) is 6.22. The van der Waals surface area contributed by atoms with Crippen LogP contribution in [0.25, 0.3) is 0 Å². The highest BCUT2D eigenvalue weighted by molar-refractivity contribution is 7.88. The summed E-state index contributed by atoms with van der Waals surface area (Å²) in [5.74, 6) is -1.01. The maximum absolute atomic E-state index is 11.4. The molecular formula is C11H17N3O4S2. The zero-order chi connectivity index (χ0) is 14.8. The minimum absolute atomic E-state index is 0.0914. The number of carboxylic acid groups (broad SMARTS) is 1. The van der Waals surface area contributed by atoms with Crippen LogP contribution >= 0.6 is 11.3 Å². The summed E-state index contributed by atoms with van der Waals surface area (Å²) in [5.41, 5.74) is 0.706. The number of aromatic carboxylic acids is 1. The summed E-state index contributed by atoms with van der Waals surface area (Å²) in [5, 5.41) is 13.9. The monoisotopic (exact) mass is 319 g/mol. The molecule has 0 aliphatic carbocycles. The van der Waals surface area contributed by atoms with Gasteiger partial charge in [0, 0.05) is 31.1 Å². The highest BCUT2D eigenvalue weighted by atomic mass is 32.2. The van der Waals surface area contributed by atoms with Crippen LogP contribution in [0.2, 0.25) is 0 Å². The molecule has 0 aromatic carbocycles. The van der Waals surface area contributed by atoms with Gasteiger partial charge in [-0.05, 0) is 12.8 Å². The molecule has 9 heteroatoms. The molecule has 0 amide bonds. The number of hydrogen-bond donors (Lipinski definition) is 2. The van der Waals surface area contributed by atoms with Crippen LogP contribution in [-0.2, 0) is 16.6 Å². The normalized spacial score (nSPS) is 18.2. The van der Waals surface area contributed by atoms with Crippen LogP contribution in [-0.4, -0.2) is 54.2 Å². The fourth-order valence-electron chi connectivity index (χ4n) is 2.13. The second-order valence-electron chi connectivity index (χ2n) is 4.77. The fourth-order valence-corrected chi connectivity index (χ4v) is 3.66. The summed E-state index contributed by atoms with van der Waals surface area (Å²) >= 11 is 1.11. The number of nitrogens with one attached hydrogen (secondary N) is 1. The number of carbonyl (C=O) groups is 1. The van der Waals surface area contributed by atoms with Gasteiger partial charge in [-0.1, -0.05) is 0 Å². The van der Waals surface area contributed by atoms with Gasteiger partial charge < -0.3 is 10.4 Å². The Hall–Kier alpha value is -1.03. The highest BCUT2D eigenvalue weighted by Gasteiger charge is 2.24. The van der Waals surface area contributed by atoms with Crippen molar-refractivity contribution in [3.8, 4) is 0 Å². The van der Waals surface area contributed by atoms with Crippen LogP contribution in [0.1, 0.15) is 28.3 Å². The maximum Gasteiger partial charge on any atom is 0.365 e. The topological polar surface area (TPSA) is 99.6 Å². The number of thiazole rings is 1. The fraction of sp³-hybridized carbons (Fsp3) is 0.636. The average Bonchev–Trinajstić information content (AvgIpc) is 2.85. The minimum Gasteiger partial charge on any atom is -0.476 e. The van der Waals surface area contributed by atoms with E-state index in [0.29, 0.717) is 25.3 Å². The molecule has 1 aromatic rings. The van der Waals surface area contributed by atoms with Crippen LogP contribution in [0.15, 0.2) is 5.38 Å². The van der Waals surface area contributed by atoms with E-state index in [4.69, 9.17) is 5.11 Å². The molecule has 0 radical (unpaired) electrons. The van der Waals surface area contributed by atoms with Crippen LogP contribution < -0.4 is 5.32 Å². The first-order chi connectivity index (χ1) is 9.36. The highest BCUT2D eigenvalue weighted by Crippen LogP contribution is 2.14. The summed E-state index contributed by atoms with van der Waals surface area (Å²) < 4.78 is 24.2.